The highest BCUT2D eigenvalue weighted by atomic mass is 19.1. The molecule has 2 aromatic carbocycles. The van der Waals surface area contributed by atoms with Crippen molar-refractivity contribution in [2.45, 2.75) is 32.2 Å². The van der Waals surface area contributed by atoms with Crippen molar-refractivity contribution in [1.82, 2.24) is 5.32 Å². The van der Waals surface area contributed by atoms with E-state index in [0.29, 0.717) is 5.56 Å². The van der Waals surface area contributed by atoms with E-state index in [1.54, 1.807) is 0 Å². The number of hydrogen-bond acceptors (Lipinski definition) is 4. The number of aliphatic hydroxyl groups is 1. The lowest BCUT2D eigenvalue weighted by Gasteiger charge is -2.20. The topological polar surface area (TPSA) is 75.6 Å². The van der Waals surface area contributed by atoms with Gasteiger partial charge in [0, 0.05) is 5.56 Å². The minimum absolute atomic E-state index is 0.0165. The predicted molar refractivity (Wildman–Crippen MR) is 104 cm³/mol. The molecule has 1 heterocycles. The number of carbonyl (C=O) groups is 2. The fourth-order valence-corrected chi connectivity index (χ4v) is 3.16. The second-order valence-electron chi connectivity index (χ2n) is 7.72. The molecule has 0 unspecified atom stereocenters. The molecule has 1 amide bonds. The van der Waals surface area contributed by atoms with E-state index in [4.69, 9.17) is 4.74 Å². The van der Waals surface area contributed by atoms with Crippen LogP contribution in [0.5, 0.6) is 5.75 Å². The highest BCUT2D eigenvalue weighted by molar-refractivity contribution is 6.46. The van der Waals surface area contributed by atoms with Crippen LogP contribution >= 0.6 is 0 Å². The number of rotatable bonds is 3. The summed E-state index contributed by atoms with van der Waals surface area (Å²) in [7, 11) is 1.33. The molecule has 0 saturated carbocycles. The van der Waals surface area contributed by atoms with Gasteiger partial charge in [0.2, 0.25) is 0 Å². The van der Waals surface area contributed by atoms with E-state index in [1.807, 2.05) is 24.3 Å². The van der Waals surface area contributed by atoms with Crippen molar-refractivity contribution in [2.24, 2.45) is 0 Å². The Bertz CT molecular complexity index is 971. The van der Waals surface area contributed by atoms with E-state index in [9.17, 15) is 19.1 Å². The minimum Gasteiger partial charge on any atom is -0.507 e. The maximum atomic E-state index is 14.0. The summed E-state index contributed by atoms with van der Waals surface area (Å²) in [4.78, 5) is 24.4. The van der Waals surface area contributed by atoms with Gasteiger partial charge in [-0.1, -0.05) is 45.0 Å². The van der Waals surface area contributed by atoms with Crippen molar-refractivity contribution in [2.75, 3.05) is 7.11 Å². The molecule has 28 heavy (non-hydrogen) atoms. The third-order valence-electron chi connectivity index (χ3n) is 4.81. The van der Waals surface area contributed by atoms with E-state index in [1.165, 1.54) is 19.2 Å². The minimum atomic E-state index is -0.835. The summed E-state index contributed by atoms with van der Waals surface area (Å²) < 4.78 is 18.9. The maximum Gasteiger partial charge on any atom is 0.293 e. The molecule has 2 N–H and O–H groups in total. The maximum absolute atomic E-state index is 14.0. The quantitative estimate of drug-likeness (QED) is 0.480. The average molecular weight is 383 g/mol. The number of ether oxygens (including phenoxy) is 1. The normalized spacial score (nSPS) is 18.8. The first-order chi connectivity index (χ1) is 13.1. The number of halogens is 1. The Morgan fingerprint density at radius 3 is 2.29 bits per heavy atom. The van der Waals surface area contributed by atoms with Gasteiger partial charge in [0.15, 0.2) is 11.6 Å². The van der Waals surface area contributed by atoms with Gasteiger partial charge < -0.3 is 15.2 Å². The van der Waals surface area contributed by atoms with Crippen LogP contribution in [0.1, 0.15) is 43.5 Å². The molecule has 1 fully saturated rings. The summed E-state index contributed by atoms with van der Waals surface area (Å²) in [5.74, 6) is -2.74. The van der Waals surface area contributed by atoms with Gasteiger partial charge in [-0.05, 0) is 34.7 Å². The zero-order chi connectivity index (χ0) is 20.6. The lowest BCUT2D eigenvalue weighted by Crippen LogP contribution is -2.21. The van der Waals surface area contributed by atoms with E-state index in [0.717, 1.165) is 11.6 Å². The average Bonchev–Trinajstić information content (AvgIpc) is 2.95. The molecule has 3 rings (SSSR count). The van der Waals surface area contributed by atoms with Crippen LogP contribution in [0.4, 0.5) is 4.39 Å². The molecule has 0 spiro atoms. The fraction of sp³-hybridized carbons (Fsp3) is 0.273. The third-order valence-corrected chi connectivity index (χ3v) is 4.81. The van der Waals surface area contributed by atoms with Gasteiger partial charge in [0.05, 0.1) is 18.7 Å². The number of hydrogen-bond donors (Lipinski definition) is 2. The van der Waals surface area contributed by atoms with E-state index in [-0.39, 0.29) is 22.3 Å². The van der Waals surface area contributed by atoms with Crippen LogP contribution in [0, 0.1) is 5.82 Å². The van der Waals surface area contributed by atoms with Crippen molar-refractivity contribution in [3.8, 4) is 5.75 Å². The summed E-state index contributed by atoms with van der Waals surface area (Å²) in [5, 5.41) is 13.3. The van der Waals surface area contributed by atoms with Gasteiger partial charge in [-0.3, -0.25) is 9.59 Å². The Hall–Kier alpha value is -3.15. The lowest BCUT2D eigenvalue weighted by molar-refractivity contribution is -0.133. The van der Waals surface area contributed by atoms with E-state index in [2.05, 4.69) is 26.1 Å². The fourth-order valence-electron chi connectivity index (χ4n) is 3.16. The molecule has 0 radical (unpaired) electrons. The van der Waals surface area contributed by atoms with Gasteiger partial charge in [-0.15, -0.1) is 0 Å². The number of carbonyl (C=O) groups excluding carboxylic acids is 2. The molecule has 146 valence electrons. The van der Waals surface area contributed by atoms with E-state index < -0.39 is 29.3 Å². The molecule has 5 nitrogen and oxygen atoms in total. The number of aliphatic hydroxyl groups excluding tert-OH is 1. The number of benzene rings is 2. The number of nitrogens with one attached hydrogen (secondary N) is 1. The summed E-state index contributed by atoms with van der Waals surface area (Å²) in [6, 6.07) is 10.5. The monoisotopic (exact) mass is 383 g/mol. The number of methoxy groups -OCH3 is 1. The second-order valence-corrected chi connectivity index (χ2v) is 7.72. The van der Waals surface area contributed by atoms with Gasteiger partial charge in [-0.2, -0.15) is 0 Å². The number of ketones is 1. The zero-order valence-corrected chi connectivity index (χ0v) is 16.2. The third kappa shape index (κ3) is 3.50. The highest BCUT2D eigenvalue weighted by Gasteiger charge is 2.39. The molecule has 2 aromatic rings. The van der Waals surface area contributed by atoms with Crippen molar-refractivity contribution < 1.29 is 23.8 Å². The molecule has 0 aromatic heterocycles. The Morgan fingerprint density at radius 2 is 1.75 bits per heavy atom. The lowest BCUT2D eigenvalue weighted by atomic mass is 9.85. The molecular formula is C22H22FNO4. The largest absolute Gasteiger partial charge is 0.507 e. The van der Waals surface area contributed by atoms with E-state index >= 15 is 0 Å². The van der Waals surface area contributed by atoms with Gasteiger partial charge >= 0.3 is 0 Å². The van der Waals surface area contributed by atoms with Crippen LogP contribution in [0.15, 0.2) is 48.0 Å². The van der Waals surface area contributed by atoms with Crippen LogP contribution in [0.2, 0.25) is 0 Å². The first kappa shape index (κ1) is 19.6. The molecule has 1 aliphatic rings. The summed E-state index contributed by atoms with van der Waals surface area (Å²) in [6.45, 7) is 6.24. The van der Waals surface area contributed by atoms with Crippen LogP contribution in [-0.2, 0) is 15.0 Å². The zero-order valence-electron chi connectivity index (χ0n) is 16.2. The molecule has 1 aliphatic heterocycles. The standard InChI is InChI=1S/C22H22FNO4/c1-22(2,3)14-8-5-12(6-9-14)18-17(20(26)21(27)24-18)19(25)13-7-10-16(28-4)15(23)11-13/h5-11,18,25H,1-4H3,(H,24,27)/t18-/m0/s1. The molecular weight excluding hydrogens is 361 g/mol. The number of Topliss-reactive ketones (excluding diaryl/α,β-unsaturated/α-hetero) is 1. The first-order valence-electron chi connectivity index (χ1n) is 8.86. The summed E-state index contributed by atoms with van der Waals surface area (Å²) >= 11 is 0. The molecule has 6 heteroatoms. The Kier molecular flexibility index (Phi) is 4.98. The Labute approximate surface area is 162 Å². The van der Waals surface area contributed by atoms with Crippen LogP contribution < -0.4 is 10.1 Å². The summed E-state index contributed by atoms with van der Waals surface area (Å²) in [5.41, 5.74) is 1.70. The van der Waals surface area contributed by atoms with Crippen molar-refractivity contribution in [3.63, 3.8) is 0 Å². The first-order valence-corrected chi connectivity index (χ1v) is 8.86. The highest BCUT2D eigenvalue weighted by Crippen LogP contribution is 2.34. The van der Waals surface area contributed by atoms with Gasteiger partial charge in [0.1, 0.15) is 5.76 Å². The van der Waals surface area contributed by atoms with Gasteiger partial charge in [0.25, 0.3) is 11.7 Å². The van der Waals surface area contributed by atoms with Crippen molar-refractivity contribution in [3.05, 3.63) is 70.5 Å². The predicted octanol–water partition coefficient (Wildman–Crippen LogP) is 3.84. The van der Waals surface area contributed by atoms with Crippen LogP contribution in [0.25, 0.3) is 5.76 Å². The Balaban J connectivity index is 2.06. The van der Waals surface area contributed by atoms with Gasteiger partial charge in [-0.25, -0.2) is 4.39 Å². The molecule has 1 atom stereocenters. The van der Waals surface area contributed by atoms with Crippen LogP contribution in [0.3, 0.4) is 0 Å². The summed E-state index contributed by atoms with van der Waals surface area (Å²) in [6.07, 6.45) is 0. The smallest absolute Gasteiger partial charge is 0.293 e. The molecule has 1 saturated heterocycles. The second kappa shape index (κ2) is 7.11. The SMILES string of the molecule is COc1ccc(C(O)=C2C(=O)C(=O)N[C@H]2c2ccc(C(C)(C)C)cc2)cc1F. The van der Waals surface area contributed by atoms with Crippen LogP contribution in [-0.4, -0.2) is 23.9 Å². The Morgan fingerprint density at radius 1 is 1.11 bits per heavy atom. The number of amides is 1. The molecule has 0 bridgehead atoms. The van der Waals surface area contributed by atoms with Crippen molar-refractivity contribution in [1.29, 1.82) is 0 Å². The van der Waals surface area contributed by atoms with Crippen molar-refractivity contribution >= 4 is 17.4 Å². The molecule has 0 aliphatic carbocycles.